The van der Waals surface area contributed by atoms with Crippen molar-refractivity contribution < 1.29 is 13.2 Å². The first-order valence-corrected chi connectivity index (χ1v) is 11.5. The lowest BCUT2D eigenvalue weighted by molar-refractivity contribution is 0.102. The maximum Gasteiger partial charge on any atom is 0.257 e. The Morgan fingerprint density at radius 1 is 1.11 bits per heavy atom. The monoisotopic (exact) mass is 415 g/mol. The van der Waals surface area contributed by atoms with E-state index >= 15 is 0 Å². The highest BCUT2D eigenvalue weighted by atomic mass is 32.2. The third-order valence-electron chi connectivity index (χ3n) is 5.01. The van der Waals surface area contributed by atoms with Crippen LogP contribution in [0.4, 0.5) is 5.13 Å². The summed E-state index contributed by atoms with van der Waals surface area (Å²) in [5.41, 5.74) is 1.23. The normalized spacial score (nSPS) is 16.3. The fourth-order valence-electron chi connectivity index (χ4n) is 3.25. The lowest BCUT2D eigenvalue weighted by Crippen LogP contribution is -2.37. The van der Waals surface area contributed by atoms with Gasteiger partial charge in [0.2, 0.25) is 10.0 Å². The number of hydrogen-bond acceptors (Lipinski definition) is 5. The Morgan fingerprint density at radius 2 is 1.79 bits per heavy atom. The summed E-state index contributed by atoms with van der Waals surface area (Å²) in [4.78, 5) is 17.1. The number of anilines is 1. The first kappa shape index (κ1) is 19.0. The summed E-state index contributed by atoms with van der Waals surface area (Å²) in [5, 5.41) is 3.30. The minimum absolute atomic E-state index is 0.221. The van der Waals surface area contributed by atoms with Crippen molar-refractivity contribution in [1.82, 2.24) is 9.29 Å². The van der Waals surface area contributed by atoms with Crippen molar-refractivity contribution in [2.45, 2.75) is 24.7 Å². The van der Waals surface area contributed by atoms with Gasteiger partial charge >= 0.3 is 0 Å². The third-order valence-corrected chi connectivity index (χ3v) is 7.88. The van der Waals surface area contributed by atoms with Crippen LogP contribution in [0.1, 0.15) is 30.1 Å². The predicted molar refractivity (Wildman–Crippen MR) is 111 cm³/mol. The third kappa shape index (κ3) is 3.80. The van der Waals surface area contributed by atoms with Gasteiger partial charge < -0.3 is 0 Å². The Bertz CT molecular complexity index is 1070. The van der Waals surface area contributed by atoms with E-state index in [0.29, 0.717) is 29.7 Å². The number of carbonyl (C=O) groups is 1. The number of carbonyl (C=O) groups excluding carboxylic acids is 1. The van der Waals surface area contributed by atoms with E-state index in [0.717, 1.165) is 23.1 Å². The van der Waals surface area contributed by atoms with E-state index in [2.05, 4.69) is 17.2 Å². The standard InChI is InChI=1S/C20H21N3O3S2/c1-14-10-12-23(13-11-14)28(25,26)16-8-6-15(7-9-16)19(24)22-20-21-17-4-2-3-5-18(17)27-20/h2-9,14H,10-13H2,1H3,(H,21,22,24). The lowest BCUT2D eigenvalue weighted by atomic mass is 10.0. The summed E-state index contributed by atoms with van der Waals surface area (Å²) in [5.74, 6) is 0.245. The summed E-state index contributed by atoms with van der Waals surface area (Å²) < 4.78 is 28.1. The molecule has 2 heterocycles. The molecular weight excluding hydrogens is 394 g/mol. The molecule has 28 heavy (non-hydrogen) atoms. The first-order valence-electron chi connectivity index (χ1n) is 9.20. The molecule has 6 nitrogen and oxygen atoms in total. The van der Waals surface area contributed by atoms with Crippen molar-refractivity contribution in [2.24, 2.45) is 5.92 Å². The second-order valence-corrected chi connectivity index (χ2v) is 10.0. The average molecular weight is 416 g/mol. The molecule has 0 atom stereocenters. The van der Waals surface area contributed by atoms with E-state index in [1.165, 1.54) is 27.8 Å². The molecule has 1 aromatic heterocycles. The maximum absolute atomic E-state index is 12.8. The molecule has 3 aromatic rings. The molecule has 8 heteroatoms. The topological polar surface area (TPSA) is 79.4 Å². The molecule has 0 bridgehead atoms. The smallest absolute Gasteiger partial charge is 0.257 e. The van der Waals surface area contributed by atoms with Crippen molar-refractivity contribution in [3.63, 3.8) is 0 Å². The summed E-state index contributed by atoms with van der Waals surface area (Å²) in [6.45, 7) is 3.23. The molecule has 0 spiro atoms. The van der Waals surface area contributed by atoms with Gasteiger partial charge in [-0.25, -0.2) is 13.4 Å². The van der Waals surface area contributed by atoms with Crippen LogP contribution >= 0.6 is 11.3 Å². The molecule has 1 amide bonds. The number of nitrogens with one attached hydrogen (secondary N) is 1. The highest BCUT2D eigenvalue weighted by Crippen LogP contribution is 2.26. The first-order chi connectivity index (χ1) is 13.4. The fraction of sp³-hybridized carbons (Fsp3) is 0.300. The fourth-order valence-corrected chi connectivity index (χ4v) is 5.58. The maximum atomic E-state index is 12.8. The summed E-state index contributed by atoms with van der Waals surface area (Å²) in [7, 11) is -3.51. The molecule has 146 valence electrons. The SMILES string of the molecule is CC1CCN(S(=O)(=O)c2ccc(C(=O)Nc3nc4ccccc4s3)cc2)CC1. The van der Waals surface area contributed by atoms with Crippen molar-refractivity contribution in [1.29, 1.82) is 0 Å². The second-order valence-electron chi connectivity index (χ2n) is 7.05. The van der Waals surface area contributed by atoms with Crippen LogP contribution in [-0.2, 0) is 10.0 Å². The van der Waals surface area contributed by atoms with E-state index in [9.17, 15) is 13.2 Å². The van der Waals surface area contributed by atoms with Gasteiger partial charge in [-0.3, -0.25) is 10.1 Å². The molecule has 0 unspecified atom stereocenters. The summed E-state index contributed by atoms with van der Waals surface area (Å²) in [6.07, 6.45) is 1.75. The minimum atomic E-state index is -3.51. The van der Waals surface area contributed by atoms with Crippen LogP contribution in [0.5, 0.6) is 0 Å². The number of fused-ring (bicyclic) bond motifs is 1. The lowest BCUT2D eigenvalue weighted by Gasteiger charge is -2.29. The van der Waals surface area contributed by atoms with E-state index < -0.39 is 10.0 Å². The Balaban J connectivity index is 1.48. The molecule has 0 radical (unpaired) electrons. The number of aromatic nitrogens is 1. The second kappa shape index (κ2) is 7.62. The predicted octanol–water partition coefficient (Wildman–Crippen LogP) is 3.97. The van der Waals surface area contributed by atoms with Crippen LogP contribution in [0, 0.1) is 5.92 Å². The Morgan fingerprint density at radius 3 is 2.46 bits per heavy atom. The zero-order chi connectivity index (χ0) is 19.7. The molecule has 4 rings (SSSR count). The number of amides is 1. The van der Waals surface area contributed by atoms with Gasteiger partial charge in [0.15, 0.2) is 5.13 Å². The molecule has 0 saturated carbocycles. The minimum Gasteiger partial charge on any atom is -0.298 e. The average Bonchev–Trinajstić information content (AvgIpc) is 3.10. The molecule has 0 aliphatic carbocycles. The van der Waals surface area contributed by atoms with Crippen molar-refractivity contribution >= 4 is 42.6 Å². The van der Waals surface area contributed by atoms with Crippen LogP contribution < -0.4 is 5.32 Å². The largest absolute Gasteiger partial charge is 0.298 e. The molecule has 2 aromatic carbocycles. The molecule has 1 N–H and O–H groups in total. The van der Waals surface area contributed by atoms with Gasteiger partial charge in [-0.15, -0.1) is 0 Å². The van der Waals surface area contributed by atoms with Crippen LogP contribution in [0.2, 0.25) is 0 Å². The van der Waals surface area contributed by atoms with Gasteiger partial charge in [-0.05, 0) is 55.2 Å². The number of benzene rings is 2. The van der Waals surface area contributed by atoms with Crippen molar-refractivity contribution in [3.05, 3.63) is 54.1 Å². The van der Waals surface area contributed by atoms with E-state index in [4.69, 9.17) is 0 Å². The van der Waals surface area contributed by atoms with Gasteiger partial charge in [0.1, 0.15) is 0 Å². The Hall–Kier alpha value is -2.29. The summed E-state index contributed by atoms with van der Waals surface area (Å²) >= 11 is 1.40. The molecule has 1 fully saturated rings. The summed E-state index contributed by atoms with van der Waals surface area (Å²) in [6, 6.07) is 13.8. The van der Waals surface area contributed by atoms with Crippen molar-refractivity contribution in [3.8, 4) is 0 Å². The van der Waals surface area contributed by atoms with Gasteiger partial charge in [0.25, 0.3) is 5.91 Å². The van der Waals surface area contributed by atoms with Crippen molar-refractivity contribution in [2.75, 3.05) is 18.4 Å². The number of thiazole rings is 1. The zero-order valence-corrected chi connectivity index (χ0v) is 17.1. The van der Waals surface area contributed by atoms with Crippen LogP contribution in [0.3, 0.4) is 0 Å². The molecule has 1 aliphatic heterocycles. The number of hydrogen-bond donors (Lipinski definition) is 1. The quantitative estimate of drug-likeness (QED) is 0.699. The number of rotatable bonds is 4. The van der Waals surface area contributed by atoms with Crippen LogP contribution in [0.15, 0.2) is 53.4 Å². The molecule has 1 aliphatic rings. The van der Waals surface area contributed by atoms with Gasteiger partial charge in [-0.1, -0.05) is 30.4 Å². The number of sulfonamides is 1. The van der Waals surface area contributed by atoms with E-state index in [-0.39, 0.29) is 10.8 Å². The van der Waals surface area contributed by atoms with Gasteiger partial charge in [-0.2, -0.15) is 4.31 Å². The zero-order valence-electron chi connectivity index (χ0n) is 15.5. The Kier molecular flexibility index (Phi) is 5.18. The highest BCUT2D eigenvalue weighted by Gasteiger charge is 2.28. The number of piperidine rings is 1. The van der Waals surface area contributed by atoms with E-state index in [1.54, 1.807) is 12.1 Å². The van der Waals surface area contributed by atoms with Gasteiger partial charge in [0.05, 0.1) is 15.1 Å². The molecule has 1 saturated heterocycles. The Labute approximate surface area is 168 Å². The number of para-hydroxylation sites is 1. The van der Waals surface area contributed by atoms with Gasteiger partial charge in [0, 0.05) is 18.7 Å². The molecular formula is C20H21N3O3S2. The van der Waals surface area contributed by atoms with Crippen LogP contribution in [-0.4, -0.2) is 36.7 Å². The highest BCUT2D eigenvalue weighted by molar-refractivity contribution is 7.89. The van der Waals surface area contributed by atoms with E-state index in [1.807, 2.05) is 24.3 Å². The number of nitrogens with zero attached hydrogens (tertiary/aromatic N) is 2. The van der Waals surface area contributed by atoms with Crippen LogP contribution in [0.25, 0.3) is 10.2 Å².